The van der Waals surface area contributed by atoms with Gasteiger partial charge in [0.05, 0.1) is 0 Å². The number of pyridine rings is 1. The first kappa shape index (κ1) is 11.9. The minimum atomic E-state index is 0.217. The van der Waals surface area contributed by atoms with Crippen LogP contribution in [0.5, 0.6) is 5.88 Å². The molecule has 0 saturated heterocycles. The maximum absolute atomic E-state index is 8.97. The van der Waals surface area contributed by atoms with Crippen molar-refractivity contribution in [3.8, 4) is 11.9 Å². The van der Waals surface area contributed by atoms with Gasteiger partial charge in [0.2, 0.25) is 5.88 Å². The Morgan fingerprint density at radius 1 is 1.53 bits per heavy atom. The Morgan fingerprint density at radius 3 is 2.94 bits per heavy atom. The molecule has 0 radical (unpaired) electrons. The lowest BCUT2D eigenvalue weighted by Crippen LogP contribution is -2.39. The Morgan fingerprint density at radius 2 is 2.29 bits per heavy atom. The molecule has 0 atom stereocenters. The molecule has 17 heavy (non-hydrogen) atoms. The number of hydrogen-bond acceptors (Lipinski definition) is 4. The SMILES string of the molecule is CNCC1CC(Oc2nc(C)ccc2C#N)C1. The molecule has 0 spiro atoms. The highest BCUT2D eigenvalue weighted by Crippen LogP contribution is 2.31. The molecule has 2 rings (SSSR count). The van der Waals surface area contributed by atoms with Gasteiger partial charge < -0.3 is 10.1 Å². The second-order valence-electron chi connectivity index (χ2n) is 4.55. The van der Waals surface area contributed by atoms with Crippen LogP contribution >= 0.6 is 0 Å². The smallest absolute Gasteiger partial charge is 0.232 e. The molecular formula is C13H17N3O. The summed E-state index contributed by atoms with van der Waals surface area (Å²) in [7, 11) is 1.96. The van der Waals surface area contributed by atoms with E-state index in [0.29, 0.717) is 17.4 Å². The average Bonchev–Trinajstić information content (AvgIpc) is 2.26. The van der Waals surface area contributed by atoms with Gasteiger partial charge in [0.15, 0.2) is 0 Å². The van der Waals surface area contributed by atoms with Crippen molar-refractivity contribution < 1.29 is 4.74 Å². The molecule has 1 heterocycles. The molecule has 1 aliphatic rings. The molecule has 0 amide bonds. The molecule has 4 heteroatoms. The Kier molecular flexibility index (Phi) is 3.60. The number of nitrogens with one attached hydrogen (secondary N) is 1. The lowest BCUT2D eigenvalue weighted by atomic mass is 9.82. The summed E-state index contributed by atoms with van der Waals surface area (Å²) in [4.78, 5) is 4.28. The van der Waals surface area contributed by atoms with Crippen LogP contribution in [0.25, 0.3) is 0 Å². The summed E-state index contributed by atoms with van der Waals surface area (Å²) in [5.41, 5.74) is 1.40. The van der Waals surface area contributed by atoms with Crippen LogP contribution in [-0.4, -0.2) is 24.7 Å². The molecule has 1 aromatic rings. The van der Waals surface area contributed by atoms with E-state index in [1.165, 1.54) is 0 Å². The molecule has 90 valence electrons. The minimum Gasteiger partial charge on any atom is -0.473 e. The lowest BCUT2D eigenvalue weighted by molar-refractivity contribution is 0.0613. The fourth-order valence-corrected chi connectivity index (χ4v) is 2.09. The normalized spacial score (nSPS) is 22.6. The van der Waals surface area contributed by atoms with E-state index in [1.807, 2.05) is 20.0 Å². The number of aromatic nitrogens is 1. The van der Waals surface area contributed by atoms with Gasteiger partial charge in [0.1, 0.15) is 17.7 Å². The summed E-state index contributed by atoms with van der Waals surface area (Å²) in [6.45, 7) is 2.94. The van der Waals surface area contributed by atoms with E-state index >= 15 is 0 Å². The molecule has 1 aromatic heterocycles. The number of nitrogens with zero attached hydrogens (tertiary/aromatic N) is 2. The van der Waals surface area contributed by atoms with Gasteiger partial charge in [-0.05, 0) is 51.4 Å². The number of nitriles is 1. The van der Waals surface area contributed by atoms with E-state index in [1.54, 1.807) is 6.07 Å². The van der Waals surface area contributed by atoms with E-state index in [9.17, 15) is 0 Å². The molecular weight excluding hydrogens is 214 g/mol. The van der Waals surface area contributed by atoms with Crippen LogP contribution in [0.3, 0.4) is 0 Å². The third kappa shape index (κ3) is 2.75. The zero-order chi connectivity index (χ0) is 12.3. The molecule has 0 aliphatic heterocycles. The molecule has 1 aliphatic carbocycles. The largest absolute Gasteiger partial charge is 0.473 e. The van der Waals surface area contributed by atoms with E-state index in [4.69, 9.17) is 10.00 Å². The van der Waals surface area contributed by atoms with Gasteiger partial charge in [-0.2, -0.15) is 5.26 Å². The standard InChI is InChI=1S/C13H17N3O/c1-9-3-4-11(7-14)13(16-9)17-12-5-10(6-12)8-15-2/h3-4,10,12,15H,5-6,8H2,1-2H3. The maximum Gasteiger partial charge on any atom is 0.232 e. The van der Waals surface area contributed by atoms with Crippen LogP contribution in [0.1, 0.15) is 24.1 Å². The summed E-state index contributed by atoms with van der Waals surface area (Å²) >= 11 is 0. The Bertz CT molecular complexity index is 433. The van der Waals surface area contributed by atoms with E-state index in [0.717, 1.165) is 25.1 Å². The fourth-order valence-electron chi connectivity index (χ4n) is 2.09. The second kappa shape index (κ2) is 5.15. The Hall–Kier alpha value is -1.60. The van der Waals surface area contributed by atoms with Crippen molar-refractivity contribution in [1.29, 1.82) is 5.26 Å². The third-order valence-electron chi connectivity index (χ3n) is 3.08. The van der Waals surface area contributed by atoms with Crippen molar-refractivity contribution in [1.82, 2.24) is 10.3 Å². The summed E-state index contributed by atoms with van der Waals surface area (Å²) < 4.78 is 5.77. The monoisotopic (exact) mass is 231 g/mol. The van der Waals surface area contributed by atoms with Crippen molar-refractivity contribution >= 4 is 0 Å². The fraction of sp³-hybridized carbons (Fsp3) is 0.538. The van der Waals surface area contributed by atoms with Gasteiger partial charge >= 0.3 is 0 Å². The van der Waals surface area contributed by atoms with Gasteiger partial charge in [-0.3, -0.25) is 0 Å². The summed E-state index contributed by atoms with van der Waals surface area (Å²) in [5, 5.41) is 12.1. The molecule has 0 bridgehead atoms. The highest BCUT2D eigenvalue weighted by Gasteiger charge is 2.31. The third-order valence-corrected chi connectivity index (χ3v) is 3.08. The van der Waals surface area contributed by atoms with E-state index in [-0.39, 0.29) is 6.10 Å². The maximum atomic E-state index is 8.97. The van der Waals surface area contributed by atoms with E-state index < -0.39 is 0 Å². The van der Waals surface area contributed by atoms with Crippen LogP contribution in [0.15, 0.2) is 12.1 Å². The van der Waals surface area contributed by atoms with Crippen LogP contribution in [-0.2, 0) is 0 Å². The van der Waals surface area contributed by atoms with Gasteiger partial charge in [-0.1, -0.05) is 0 Å². The molecule has 1 N–H and O–H groups in total. The second-order valence-corrected chi connectivity index (χ2v) is 4.55. The Balaban J connectivity index is 1.96. The summed E-state index contributed by atoms with van der Waals surface area (Å²) in [5.74, 6) is 1.18. The lowest BCUT2D eigenvalue weighted by Gasteiger charge is -2.35. The predicted molar refractivity (Wildman–Crippen MR) is 64.8 cm³/mol. The van der Waals surface area contributed by atoms with Gasteiger partial charge in [-0.15, -0.1) is 0 Å². The van der Waals surface area contributed by atoms with Crippen LogP contribution in [0.2, 0.25) is 0 Å². The minimum absolute atomic E-state index is 0.217. The van der Waals surface area contributed by atoms with Crippen molar-refractivity contribution in [2.45, 2.75) is 25.9 Å². The molecule has 0 aromatic carbocycles. The zero-order valence-electron chi connectivity index (χ0n) is 10.2. The number of hydrogen-bond donors (Lipinski definition) is 1. The predicted octanol–water partition coefficient (Wildman–Crippen LogP) is 1.64. The van der Waals surface area contributed by atoms with Crippen LogP contribution in [0, 0.1) is 24.2 Å². The zero-order valence-corrected chi connectivity index (χ0v) is 10.2. The van der Waals surface area contributed by atoms with Crippen molar-refractivity contribution in [3.05, 3.63) is 23.4 Å². The van der Waals surface area contributed by atoms with E-state index in [2.05, 4.69) is 16.4 Å². The highest BCUT2D eigenvalue weighted by molar-refractivity contribution is 5.38. The topological polar surface area (TPSA) is 57.9 Å². The summed E-state index contributed by atoms with van der Waals surface area (Å²) in [6.07, 6.45) is 2.30. The van der Waals surface area contributed by atoms with Crippen LogP contribution < -0.4 is 10.1 Å². The van der Waals surface area contributed by atoms with Crippen molar-refractivity contribution in [3.63, 3.8) is 0 Å². The quantitative estimate of drug-likeness (QED) is 0.855. The molecule has 4 nitrogen and oxygen atoms in total. The summed E-state index contributed by atoms with van der Waals surface area (Å²) in [6, 6.07) is 5.71. The van der Waals surface area contributed by atoms with Crippen molar-refractivity contribution in [2.75, 3.05) is 13.6 Å². The van der Waals surface area contributed by atoms with Gasteiger partial charge in [0.25, 0.3) is 0 Å². The number of aryl methyl sites for hydroxylation is 1. The van der Waals surface area contributed by atoms with Gasteiger partial charge in [-0.25, -0.2) is 4.98 Å². The number of ether oxygens (including phenoxy) is 1. The molecule has 1 fully saturated rings. The van der Waals surface area contributed by atoms with Crippen molar-refractivity contribution in [2.24, 2.45) is 5.92 Å². The first-order valence-electron chi connectivity index (χ1n) is 5.92. The van der Waals surface area contributed by atoms with Crippen LogP contribution in [0.4, 0.5) is 0 Å². The average molecular weight is 231 g/mol. The molecule has 0 unspecified atom stereocenters. The number of rotatable bonds is 4. The first-order valence-corrected chi connectivity index (χ1v) is 5.92. The van der Waals surface area contributed by atoms with Gasteiger partial charge in [0, 0.05) is 5.69 Å². The molecule has 1 saturated carbocycles. The first-order chi connectivity index (χ1) is 8.22. The highest BCUT2D eigenvalue weighted by atomic mass is 16.5. The Labute approximate surface area is 102 Å².